The first-order valence-electron chi connectivity index (χ1n) is 12.7. The van der Waals surface area contributed by atoms with Crippen molar-refractivity contribution >= 4 is 17.5 Å². The van der Waals surface area contributed by atoms with E-state index in [1.54, 1.807) is 7.11 Å². The molecule has 37 heavy (non-hydrogen) atoms. The first-order chi connectivity index (χ1) is 18.1. The fraction of sp³-hybridized carbons (Fsp3) is 0.345. The predicted octanol–water partition coefficient (Wildman–Crippen LogP) is 4.51. The summed E-state index contributed by atoms with van der Waals surface area (Å²) >= 11 is 6.14. The van der Waals surface area contributed by atoms with Crippen molar-refractivity contribution in [2.75, 3.05) is 13.7 Å². The van der Waals surface area contributed by atoms with E-state index in [0.29, 0.717) is 24.6 Å². The summed E-state index contributed by atoms with van der Waals surface area (Å²) in [5, 5.41) is 7.62. The van der Waals surface area contributed by atoms with Gasteiger partial charge in [0.2, 0.25) is 5.91 Å². The molecule has 194 valence electrons. The first kappa shape index (κ1) is 25.5. The van der Waals surface area contributed by atoms with E-state index in [1.165, 1.54) is 0 Å². The third-order valence-corrected chi connectivity index (χ3v) is 7.54. The van der Waals surface area contributed by atoms with Gasteiger partial charge in [-0.15, -0.1) is 0 Å². The summed E-state index contributed by atoms with van der Waals surface area (Å²) in [6.45, 7) is 3.06. The van der Waals surface area contributed by atoms with Gasteiger partial charge in [-0.3, -0.25) is 10.1 Å². The maximum absolute atomic E-state index is 13.7. The molecule has 7 nitrogen and oxygen atoms in total. The van der Waals surface area contributed by atoms with Crippen LogP contribution in [0.25, 0.3) is 0 Å². The zero-order valence-electron chi connectivity index (χ0n) is 21.0. The third kappa shape index (κ3) is 5.75. The second-order valence-corrected chi connectivity index (χ2v) is 9.94. The Balaban J connectivity index is 1.37. The summed E-state index contributed by atoms with van der Waals surface area (Å²) in [6, 6.07) is 23.7. The van der Waals surface area contributed by atoms with Crippen LogP contribution in [0.15, 0.2) is 72.8 Å². The lowest BCUT2D eigenvalue weighted by Crippen LogP contribution is -2.54. The molecule has 4 N–H and O–H groups in total. The lowest BCUT2D eigenvalue weighted by Gasteiger charge is -2.40. The van der Waals surface area contributed by atoms with Crippen LogP contribution in [0.5, 0.6) is 11.5 Å². The zero-order valence-corrected chi connectivity index (χ0v) is 21.8. The molecule has 2 heterocycles. The second-order valence-electron chi connectivity index (χ2n) is 9.50. The Bertz CT molecular complexity index is 1190. The number of rotatable bonds is 8. The van der Waals surface area contributed by atoms with Gasteiger partial charge in [-0.2, -0.15) is 0 Å². The first-order valence-corrected chi connectivity index (χ1v) is 13.1. The standard InChI is InChI=1S/C29H33ClN4O3/c1-3-37-23-14-8-19(9-15-23)25-16-24(29(35)31-17-18-4-12-22(36-2)13-5-18)26-27(33-34-28(26)32-25)20-6-10-21(30)11-7-20/h4-15,24-28,32-34H,3,16-17H2,1-2H3,(H,31,35). The van der Waals surface area contributed by atoms with Crippen molar-refractivity contribution in [1.29, 1.82) is 0 Å². The zero-order chi connectivity index (χ0) is 25.8. The second kappa shape index (κ2) is 11.5. The molecule has 0 aromatic heterocycles. The number of carbonyl (C=O) groups excluding carboxylic acids is 1. The topological polar surface area (TPSA) is 83.7 Å². The van der Waals surface area contributed by atoms with Crippen molar-refractivity contribution < 1.29 is 14.3 Å². The van der Waals surface area contributed by atoms with Crippen molar-refractivity contribution in [2.45, 2.75) is 38.1 Å². The number of carbonyl (C=O) groups is 1. The number of hydrogen-bond acceptors (Lipinski definition) is 6. The molecular formula is C29H33ClN4O3. The number of fused-ring (bicyclic) bond motifs is 1. The Hall–Kier alpha value is -3.10. The van der Waals surface area contributed by atoms with E-state index in [0.717, 1.165) is 28.2 Å². The molecule has 5 unspecified atom stereocenters. The molecule has 5 atom stereocenters. The van der Waals surface area contributed by atoms with E-state index in [9.17, 15) is 4.79 Å². The number of benzene rings is 3. The van der Waals surface area contributed by atoms with Crippen molar-refractivity contribution in [2.24, 2.45) is 11.8 Å². The highest BCUT2D eigenvalue weighted by Gasteiger charge is 2.49. The van der Waals surface area contributed by atoms with E-state index >= 15 is 0 Å². The summed E-state index contributed by atoms with van der Waals surface area (Å²) in [5.74, 6) is 1.48. The number of methoxy groups -OCH3 is 1. The summed E-state index contributed by atoms with van der Waals surface area (Å²) < 4.78 is 10.9. The molecule has 2 saturated heterocycles. The van der Waals surface area contributed by atoms with Crippen LogP contribution in [0, 0.1) is 11.8 Å². The number of halogens is 1. The van der Waals surface area contributed by atoms with Crippen LogP contribution in [-0.4, -0.2) is 25.8 Å². The molecule has 1 amide bonds. The van der Waals surface area contributed by atoms with Crippen molar-refractivity contribution in [1.82, 2.24) is 21.5 Å². The molecule has 0 saturated carbocycles. The maximum atomic E-state index is 13.7. The number of amides is 1. The summed E-state index contributed by atoms with van der Waals surface area (Å²) in [5.41, 5.74) is 10.1. The molecule has 2 aliphatic heterocycles. The Labute approximate surface area is 222 Å². The number of nitrogens with one attached hydrogen (secondary N) is 4. The third-order valence-electron chi connectivity index (χ3n) is 7.28. The lowest BCUT2D eigenvalue weighted by molar-refractivity contribution is -0.129. The SMILES string of the molecule is CCOc1ccc(C2CC(C(=O)NCc3ccc(OC)cc3)C3C(NNC3c3ccc(Cl)cc3)N2)cc1. The summed E-state index contributed by atoms with van der Waals surface area (Å²) in [4.78, 5) is 13.7. The molecule has 2 aliphatic rings. The average Bonchev–Trinajstić information content (AvgIpc) is 3.36. The summed E-state index contributed by atoms with van der Waals surface area (Å²) in [7, 11) is 1.64. The summed E-state index contributed by atoms with van der Waals surface area (Å²) in [6.07, 6.45) is 0.597. The highest BCUT2D eigenvalue weighted by molar-refractivity contribution is 6.30. The van der Waals surface area contributed by atoms with Gasteiger partial charge in [-0.25, -0.2) is 10.9 Å². The van der Waals surface area contributed by atoms with Gasteiger partial charge in [0, 0.05) is 29.4 Å². The van der Waals surface area contributed by atoms with Crippen LogP contribution in [0.1, 0.15) is 42.1 Å². The monoisotopic (exact) mass is 520 g/mol. The molecule has 5 rings (SSSR count). The van der Waals surface area contributed by atoms with Crippen LogP contribution >= 0.6 is 11.6 Å². The molecule has 0 aliphatic carbocycles. The van der Waals surface area contributed by atoms with Crippen LogP contribution < -0.4 is 31.0 Å². The molecule has 3 aromatic rings. The highest BCUT2D eigenvalue weighted by atomic mass is 35.5. The van der Waals surface area contributed by atoms with Gasteiger partial charge in [0.25, 0.3) is 0 Å². The Morgan fingerprint density at radius 1 is 0.946 bits per heavy atom. The van der Waals surface area contributed by atoms with E-state index in [4.69, 9.17) is 21.1 Å². The van der Waals surface area contributed by atoms with Crippen molar-refractivity contribution in [3.05, 3.63) is 94.5 Å². The van der Waals surface area contributed by atoms with E-state index in [1.807, 2.05) is 67.6 Å². The highest BCUT2D eigenvalue weighted by Crippen LogP contribution is 2.42. The fourth-order valence-electron chi connectivity index (χ4n) is 5.39. The molecule has 0 bridgehead atoms. The van der Waals surface area contributed by atoms with E-state index in [-0.39, 0.29) is 36.0 Å². The molecule has 3 aromatic carbocycles. The van der Waals surface area contributed by atoms with Crippen LogP contribution in [-0.2, 0) is 11.3 Å². The predicted molar refractivity (Wildman–Crippen MR) is 144 cm³/mol. The number of hydrazine groups is 1. The minimum atomic E-state index is -0.218. The van der Waals surface area contributed by atoms with Crippen LogP contribution in [0.2, 0.25) is 5.02 Å². The van der Waals surface area contributed by atoms with Gasteiger partial charge in [0.15, 0.2) is 0 Å². The molecule has 0 spiro atoms. The van der Waals surface area contributed by atoms with Gasteiger partial charge in [-0.05, 0) is 66.4 Å². The van der Waals surface area contributed by atoms with Crippen molar-refractivity contribution in [3.8, 4) is 11.5 Å². The number of ether oxygens (including phenoxy) is 2. The Kier molecular flexibility index (Phi) is 7.96. The number of hydrogen-bond donors (Lipinski definition) is 4. The fourth-order valence-corrected chi connectivity index (χ4v) is 5.52. The van der Waals surface area contributed by atoms with Gasteiger partial charge in [0.1, 0.15) is 11.5 Å². The minimum Gasteiger partial charge on any atom is -0.497 e. The van der Waals surface area contributed by atoms with Gasteiger partial charge in [0.05, 0.1) is 25.9 Å². The Morgan fingerprint density at radius 2 is 1.62 bits per heavy atom. The quantitative estimate of drug-likeness (QED) is 0.350. The average molecular weight is 521 g/mol. The van der Waals surface area contributed by atoms with E-state index in [2.05, 4.69) is 33.6 Å². The van der Waals surface area contributed by atoms with Gasteiger partial charge >= 0.3 is 0 Å². The Morgan fingerprint density at radius 3 is 2.30 bits per heavy atom. The minimum absolute atomic E-state index is 0.0102. The molecular weight excluding hydrogens is 488 g/mol. The van der Waals surface area contributed by atoms with Gasteiger partial charge < -0.3 is 14.8 Å². The van der Waals surface area contributed by atoms with E-state index < -0.39 is 0 Å². The lowest BCUT2D eigenvalue weighted by atomic mass is 9.74. The maximum Gasteiger partial charge on any atom is 0.223 e. The normalized spacial score (nSPS) is 24.8. The smallest absolute Gasteiger partial charge is 0.223 e. The van der Waals surface area contributed by atoms with Crippen LogP contribution in [0.3, 0.4) is 0 Å². The molecule has 0 radical (unpaired) electrons. The number of piperidine rings is 1. The van der Waals surface area contributed by atoms with Gasteiger partial charge in [-0.1, -0.05) is 48.0 Å². The van der Waals surface area contributed by atoms with Crippen LogP contribution in [0.4, 0.5) is 0 Å². The molecule has 2 fully saturated rings. The largest absolute Gasteiger partial charge is 0.497 e. The molecule has 8 heteroatoms. The van der Waals surface area contributed by atoms with Crippen molar-refractivity contribution in [3.63, 3.8) is 0 Å².